The Kier molecular flexibility index (Phi) is 5.46. The summed E-state index contributed by atoms with van der Waals surface area (Å²) in [6, 6.07) is 19.5. The van der Waals surface area contributed by atoms with Gasteiger partial charge in [0.25, 0.3) is 0 Å². The predicted molar refractivity (Wildman–Crippen MR) is 140 cm³/mol. The molecule has 3 nitrogen and oxygen atoms in total. The molecular formula is C29H29N3S. The Bertz CT molecular complexity index is 1310. The third-order valence-electron chi connectivity index (χ3n) is 7.07. The van der Waals surface area contributed by atoms with Crippen molar-refractivity contribution in [3.05, 3.63) is 82.4 Å². The molecule has 1 unspecified atom stereocenters. The van der Waals surface area contributed by atoms with Crippen LogP contribution in [0.1, 0.15) is 43.7 Å². The van der Waals surface area contributed by atoms with E-state index in [1.807, 2.05) is 18.2 Å². The first-order chi connectivity index (χ1) is 15.9. The smallest absolute Gasteiger partial charge is 0.135 e. The zero-order chi connectivity index (χ0) is 23.2. The molecule has 0 saturated heterocycles. The van der Waals surface area contributed by atoms with E-state index in [-0.39, 0.29) is 5.41 Å². The summed E-state index contributed by atoms with van der Waals surface area (Å²) >= 11 is 1.61. The Balaban J connectivity index is 1.58. The first-order valence-corrected chi connectivity index (χ1v) is 12.4. The largest absolute Gasteiger partial charge is 0.378 e. The second-order valence-corrected chi connectivity index (χ2v) is 11.0. The molecule has 0 N–H and O–H groups in total. The maximum atomic E-state index is 10.1. The lowest BCUT2D eigenvalue weighted by molar-refractivity contribution is 0.228. The highest BCUT2D eigenvalue weighted by atomic mass is 32.1. The number of anilines is 1. The van der Waals surface area contributed by atoms with Gasteiger partial charge in [0.15, 0.2) is 0 Å². The summed E-state index contributed by atoms with van der Waals surface area (Å²) in [6.45, 7) is 4.70. The van der Waals surface area contributed by atoms with Gasteiger partial charge in [-0.2, -0.15) is 5.26 Å². The van der Waals surface area contributed by atoms with Crippen LogP contribution in [0.3, 0.4) is 0 Å². The van der Waals surface area contributed by atoms with E-state index in [2.05, 4.69) is 81.4 Å². The van der Waals surface area contributed by atoms with E-state index >= 15 is 0 Å². The number of thiazole rings is 1. The summed E-state index contributed by atoms with van der Waals surface area (Å²) in [5, 5.41) is 11.0. The van der Waals surface area contributed by atoms with Gasteiger partial charge < -0.3 is 4.90 Å². The van der Waals surface area contributed by atoms with Crippen molar-refractivity contribution in [2.45, 2.75) is 33.1 Å². The van der Waals surface area contributed by atoms with Gasteiger partial charge in [0.2, 0.25) is 0 Å². The summed E-state index contributed by atoms with van der Waals surface area (Å²) in [7, 11) is 4.14. The molecule has 2 aliphatic carbocycles. The van der Waals surface area contributed by atoms with Crippen LogP contribution in [-0.2, 0) is 0 Å². The average Bonchev–Trinajstić information content (AvgIpc) is 3.22. The molecule has 0 bridgehead atoms. The molecular weight excluding hydrogens is 422 g/mol. The number of hydrogen-bond donors (Lipinski definition) is 0. The van der Waals surface area contributed by atoms with Gasteiger partial charge in [-0.15, -0.1) is 11.3 Å². The van der Waals surface area contributed by atoms with E-state index in [1.165, 1.54) is 22.4 Å². The summed E-state index contributed by atoms with van der Waals surface area (Å²) < 4.78 is 1.13. The van der Waals surface area contributed by atoms with Crippen LogP contribution in [0.5, 0.6) is 0 Å². The lowest BCUT2D eigenvalue weighted by Gasteiger charge is -2.42. The summed E-state index contributed by atoms with van der Waals surface area (Å²) in [5.74, 6) is 0.515. The van der Waals surface area contributed by atoms with Crippen molar-refractivity contribution in [2.24, 2.45) is 11.3 Å². The van der Waals surface area contributed by atoms with Crippen LogP contribution in [0.15, 0.2) is 71.8 Å². The molecule has 1 heterocycles. The third-order valence-corrected chi connectivity index (χ3v) is 8.12. The van der Waals surface area contributed by atoms with Crippen molar-refractivity contribution in [3.63, 3.8) is 0 Å². The molecule has 166 valence electrons. The van der Waals surface area contributed by atoms with E-state index < -0.39 is 0 Å². The van der Waals surface area contributed by atoms with Crippen LogP contribution in [0.4, 0.5) is 5.69 Å². The molecule has 1 aromatic heterocycles. The highest BCUT2D eigenvalue weighted by Crippen LogP contribution is 2.51. The SMILES string of the molecule is CN(C)c1ccc(C2=CC3=C/C(=C(\C#N)c4nc5ccccc5s4)CC(C)(C)C3CC2)cc1. The van der Waals surface area contributed by atoms with Gasteiger partial charge in [-0.05, 0) is 77.1 Å². The normalized spacial score (nSPS) is 21.0. The predicted octanol–water partition coefficient (Wildman–Crippen LogP) is 7.49. The quantitative estimate of drug-likeness (QED) is 0.387. The molecule has 0 aliphatic heterocycles. The van der Waals surface area contributed by atoms with Crippen molar-refractivity contribution in [3.8, 4) is 6.07 Å². The zero-order valence-electron chi connectivity index (χ0n) is 19.7. The molecule has 5 rings (SSSR count). The second-order valence-electron chi connectivity index (χ2n) is 10.0. The number of fused-ring (bicyclic) bond motifs is 2. The minimum absolute atomic E-state index is 0.106. The Labute approximate surface area is 200 Å². The molecule has 0 spiro atoms. The van der Waals surface area contributed by atoms with Crippen LogP contribution in [0, 0.1) is 22.7 Å². The van der Waals surface area contributed by atoms with Gasteiger partial charge in [0.05, 0.1) is 15.8 Å². The number of benzene rings is 2. The third kappa shape index (κ3) is 4.03. The fraction of sp³-hybridized carbons (Fsp3) is 0.310. The average molecular weight is 452 g/mol. The molecule has 2 aliphatic rings. The summed E-state index contributed by atoms with van der Waals surface area (Å²) in [6.07, 6.45) is 7.81. The number of nitrogens with zero attached hydrogens (tertiary/aromatic N) is 3. The van der Waals surface area contributed by atoms with Gasteiger partial charge in [-0.3, -0.25) is 0 Å². The maximum Gasteiger partial charge on any atom is 0.135 e. The van der Waals surface area contributed by atoms with E-state index in [0.717, 1.165) is 45.6 Å². The number of rotatable bonds is 3. The topological polar surface area (TPSA) is 39.9 Å². The summed E-state index contributed by atoms with van der Waals surface area (Å²) in [5.41, 5.74) is 8.17. The van der Waals surface area contributed by atoms with E-state index in [0.29, 0.717) is 5.92 Å². The van der Waals surface area contributed by atoms with Gasteiger partial charge in [-0.1, -0.05) is 50.3 Å². The van der Waals surface area contributed by atoms with Gasteiger partial charge in [0.1, 0.15) is 11.1 Å². The fourth-order valence-corrected chi connectivity index (χ4v) is 6.28. The lowest BCUT2D eigenvalue weighted by atomic mass is 9.62. The van der Waals surface area contributed by atoms with Crippen LogP contribution in [0.25, 0.3) is 21.4 Å². The molecule has 1 atom stereocenters. The zero-order valence-corrected chi connectivity index (χ0v) is 20.5. The Morgan fingerprint density at radius 3 is 2.55 bits per heavy atom. The second kappa shape index (κ2) is 8.32. The molecule has 4 heteroatoms. The van der Waals surface area contributed by atoms with Crippen molar-refractivity contribution in [2.75, 3.05) is 19.0 Å². The van der Waals surface area contributed by atoms with Gasteiger partial charge >= 0.3 is 0 Å². The van der Waals surface area contributed by atoms with Crippen LogP contribution >= 0.6 is 11.3 Å². The molecule has 0 saturated carbocycles. The monoisotopic (exact) mass is 451 g/mol. The Morgan fingerprint density at radius 1 is 1.09 bits per heavy atom. The molecule has 0 fully saturated rings. The Hall–Kier alpha value is -3.16. The standard InChI is InChI=1S/C29H29N3S/c1-29(2)17-22(24(18-30)28-31-26-7-5-6-8-27(26)33-28)16-21-15-20(11-14-25(21)29)19-9-12-23(13-10-19)32(3)4/h5-10,12-13,15-16,25H,11,14,17H2,1-4H3/b24-22-. The lowest BCUT2D eigenvalue weighted by Crippen LogP contribution is -2.31. The molecule has 2 aromatic carbocycles. The maximum absolute atomic E-state index is 10.1. The molecule has 0 radical (unpaired) electrons. The van der Waals surface area contributed by atoms with Crippen LogP contribution in [-0.4, -0.2) is 19.1 Å². The first-order valence-electron chi connectivity index (χ1n) is 11.5. The van der Waals surface area contributed by atoms with Crippen molar-refractivity contribution >= 4 is 38.4 Å². The van der Waals surface area contributed by atoms with Crippen molar-refractivity contribution in [1.82, 2.24) is 4.98 Å². The summed E-state index contributed by atoms with van der Waals surface area (Å²) in [4.78, 5) is 6.91. The Morgan fingerprint density at radius 2 is 1.85 bits per heavy atom. The number of para-hydroxylation sites is 1. The van der Waals surface area contributed by atoms with Crippen LogP contribution in [0.2, 0.25) is 0 Å². The number of aromatic nitrogens is 1. The fourth-order valence-electron chi connectivity index (χ4n) is 5.29. The molecule has 33 heavy (non-hydrogen) atoms. The number of allylic oxidation sites excluding steroid dienone is 6. The van der Waals surface area contributed by atoms with E-state index in [1.54, 1.807) is 11.3 Å². The van der Waals surface area contributed by atoms with Crippen molar-refractivity contribution < 1.29 is 0 Å². The van der Waals surface area contributed by atoms with Gasteiger partial charge in [0, 0.05) is 19.8 Å². The first kappa shape index (κ1) is 21.7. The number of hydrogen-bond acceptors (Lipinski definition) is 4. The molecule has 3 aromatic rings. The van der Waals surface area contributed by atoms with Gasteiger partial charge in [-0.25, -0.2) is 4.98 Å². The number of nitriles is 1. The minimum atomic E-state index is 0.106. The highest BCUT2D eigenvalue weighted by Gasteiger charge is 2.38. The van der Waals surface area contributed by atoms with E-state index in [9.17, 15) is 5.26 Å². The van der Waals surface area contributed by atoms with Crippen LogP contribution < -0.4 is 4.90 Å². The highest BCUT2D eigenvalue weighted by molar-refractivity contribution is 7.19. The minimum Gasteiger partial charge on any atom is -0.378 e. The van der Waals surface area contributed by atoms with Crippen molar-refractivity contribution in [1.29, 1.82) is 5.26 Å². The molecule has 0 amide bonds. The van der Waals surface area contributed by atoms with E-state index in [4.69, 9.17) is 4.98 Å².